The maximum Gasteiger partial charge on any atom is 0.248 e. The van der Waals surface area contributed by atoms with Gasteiger partial charge in [0.05, 0.1) is 0 Å². The Labute approximate surface area is 118 Å². The molecular formula is C15H20N2O3. The first-order valence-corrected chi connectivity index (χ1v) is 7.17. The van der Waals surface area contributed by atoms with E-state index in [0.717, 1.165) is 50.0 Å². The van der Waals surface area contributed by atoms with Crippen LogP contribution in [0.5, 0.6) is 0 Å². The number of nitrogens with one attached hydrogen (secondary N) is 1. The summed E-state index contributed by atoms with van der Waals surface area (Å²) in [5.74, 6) is -0.389. The number of ether oxygens (including phenoxy) is 2. The molecule has 0 bridgehead atoms. The molecule has 3 N–H and O–H groups in total. The summed E-state index contributed by atoms with van der Waals surface area (Å²) in [6.07, 6.45) is 3.77. The summed E-state index contributed by atoms with van der Waals surface area (Å²) < 4.78 is 11.6. The number of rotatable bonds is 3. The highest BCUT2D eigenvalue weighted by Gasteiger charge is 2.25. The van der Waals surface area contributed by atoms with E-state index in [0.29, 0.717) is 5.56 Å². The van der Waals surface area contributed by atoms with Crippen LogP contribution in [0.3, 0.4) is 0 Å². The van der Waals surface area contributed by atoms with Crippen molar-refractivity contribution in [3.63, 3.8) is 0 Å². The molecular weight excluding hydrogens is 256 g/mol. The zero-order valence-electron chi connectivity index (χ0n) is 11.4. The third-order valence-corrected chi connectivity index (χ3v) is 3.86. The van der Waals surface area contributed by atoms with Gasteiger partial charge in [0.15, 0.2) is 6.29 Å². The number of hydrogen-bond donors (Lipinski definition) is 2. The Morgan fingerprint density at radius 1 is 1.40 bits per heavy atom. The van der Waals surface area contributed by atoms with Crippen molar-refractivity contribution >= 4 is 5.91 Å². The molecule has 1 aromatic rings. The van der Waals surface area contributed by atoms with Crippen molar-refractivity contribution in [2.45, 2.75) is 38.2 Å². The summed E-state index contributed by atoms with van der Waals surface area (Å²) >= 11 is 0. The number of fused-ring (bicyclic) bond motifs is 1. The van der Waals surface area contributed by atoms with Crippen LogP contribution in [0.2, 0.25) is 0 Å². The molecule has 0 radical (unpaired) electrons. The number of primary amides is 1. The van der Waals surface area contributed by atoms with Crippen LogP contribution in [0.4, 0.5) is 0 Å². The van der Waals surface area contributed by atoms with E-state index in [1.54, 1.807) is 6.07 Å². The molecule has 2 aliphatic rings. The molecule has 0 saturated carbocycles. The maximum atomic E-state index is 11.2. The minimum absolute atomic E-state index is 0.136. The molecule has 0 spiro atoms. The molecule has 0 aromatic heterocycles. The van der Waals surface area contributed by atoms with Crippen LogP contribution >= 0.6 is 0 Å². The molecule has 2 unspecified atom stereocenters. The molecule has 20 heavy (non-hydrogen) atoms. The lowest BCUT2D eigenvalue weighted by Crippen LogP contribution is -2.36. The van der Waals surface area contributed by atoms with Crippen LogP contribution < -0.4 is 11.1 Å². The highest BCUT2D eigenvalue weighted by atomic mass is 16.7. The van der Waals surface area contributed by atoms with Gasteiger partial charge in [0.2, 0.25) is 5.91 Å². The van der Waals surface area contributed by atoms with Gasteiger partial charge >= 0.3 is 0 Å². The van der Waals surface area contributed by atoms with E-state index in [2.05, 4.69) is 5.32 Å². The van der Waals surface area contributed by atoms with E-state index in [1.165, 1.54) is 0 Å². The predicted octanol–water partition coefficient (Wildman–Crippen LogP) is 1.47. The van der Waals surface area contributed by atoms with Crippen molar-refractivity contribution < 1.29 is 14.3 Å². The molecule has 1 fully saturated rings. The Morgan fingerprint density at radius 3 is 3.05 bits per heavy atom. The number of nitrogens with two attached hydrogens (primary N) is 1. The van der Waals surface area contributed by atoms with Crippen molar-refractivity contribution in [1.29, 1.82) is 0 Å². The van der Waals surface area contributed by atoms with Crippen molar-refractivity contribution in [2.75, 3.05) is 13.2 Å². The average Bonchev–Trinajstić information content (AvgIpc) is 2.48. The highest BCUT2D eigenvalue weighted by molar-refractivity contribution is 5.93. The molecule has 1 saturated heterocycles. The van der Waals surface area contributed by atoms with Crippen molar-refractivity contribution in [1.82, 2.24) is 5.32 Å². The number of carbonyl (C=O) groups is 1. The van der Waals surface area contributed by atoms with Crippen LogP contribution in [0, 0.1) is 0 Å². The number of amides is 1. The number of carbonyl (C=O) groups excluding carboxylic acids is 1. The van der Waals surface area contributed by atoms with E-state index in [1.807, 2.05) is 12.1 Å². The quantitative estimate of drug-likeness (QED) is 0.877. The maximum absolute atomic E-state index is 11.2. The summed E-state index contributed by atoms with van der Waals surface area (Å²) in [5, 5.41) is 3.35. The van der Waals surface area contributed by atoms with Gasteiger partial charge in [0.1, 0.15) is 6.23 Å². The van der Waals surface area contributed by atoms with Crippen molar-refractivity contribution in [3.8, 4) is 0 Å². The van der Waals surface area contributed by atoms with E-state index >= 15 is 0 Å². The van der Waals surface area contributed by atoms with Gasteiger partial charge in [-0.1, -0.05) is 6.07 Å². The zero-order valence-corrected chi connectivity index (χ0v) is 11.4. The van der Waals surface area contributed by atoms with Gasteiger partial charge in [-0.25, -0.2) is 0 Å². The second-order valence-corrected chi connectivity index (χ2v) is 5.29. The topological polar surface area (TPSA) is 73.6 Å². The van der Waals surface area contributed by atoms with Gasteiger partial charge in [-0.15, -0.1) is 0 Å². The Bertz CT molecular complexity index is 498. The molecule has 5 nitrogen and oxygen atoms in total. The summed E-state index contributed by atoms with van der Waals surface area (Å²) in [6, 6.07) is 5.55. The molecule has 1 aromatic carbocycles. The second kappa shape index (κ2) is 5.91. The van der Waals surface area contributed by atoms with Gasteiger partial charge in [-0.3, -0.25) is 10.1 Å². The third kappa shape index (κ3) is 2.85. The van der Waals surface area contributed by atoms with E-state index in [4.69, 9.17) is 15.2 Å². The average molecular weight is 276 g/mol. The van der Waals surface area contributed by atoms with E-state index < -0.39 is 0 Å². The minimum Gasteiger partial charge on any atom is -0.366 e. The van der Waals surface area contributed by atoms with Crippen LogP contribution in [-0.4, -0.2) is 25.3 Å². The Balaban J connectivity index is 1.77. The van der Waals surface area contributed by atoms with Crippen molar-refractivity contribution in [3.05, 3.63) is 34.9 Å². The summed E-state index contributed by atoms with van der Waals surface area (Å²) in [4.78, 5) is 11.2. The summed E-state index contributed by atoms with van der Waals surface area (Å²) in [6.45, 7) is 1.59. The van der Waals surface area contributed by atoms with Gasteiger partial charge in [0.25, 0.3) is 0 Å². The van der Waals surface area contributed by atoms with Gasteiger partial charge in [-0.2, -0.15) is 0 Å². The van der Waals surface area contributed by atoms with Crippen LogP contribution in [-0.2, 0) is 15.9 Å². The third-order valence-electron chi connectivity index (χ3n) is 3.86. The molecule has 0 aliphatic carbocycles. The largest absolute Gasteiger partial charge is 0.366 e. The number of hydrogen-bond acceptors (Lipinski definition) is 4. The molecule has 1 amide bonds. The molecule has 5 heteroatoms. The van der Waals surface area contributed by atoms with Gasteiger partial charge < -0.3 is 15.2 Å². The minimum atomic E-state index is -0.389. The van der Waals surface area contributed by atoms with Crippen molar-refractivity contribution in [2.24, 2.45) is 5.73 Å². The normalized spacial score (nSPS) is 26.0. The fraction of sp³-hybridized carbons (Fsp3) is 0.533. The summed E-state index contributed by atoms with van der Waals surface area (Å²) in [5.41, 5.74) is 8.08. The van der Waals surface area contributed by atoms with Crippen LogP contribution in [0.25, 0.3) is 0 Å². The Morgan fingerprint density at radius 2 is 2.30 bits per heavy atom. The molecule has 108 valence electrons. The Kier molecular flexibility index (Phi) is 4.00. The molecule has 2 heterocycles. The first-order valence-electron chi connectivity index (χ1n) is 7.17. The zero-order chi connectivity index (χ0) is 13.9. The first kappa shape index (κ1) is 13.5. The van der Waals surface area contributed by atoms with E-state index in [9.17, 15) is 4.79 Å². The smallest absolute Gasteiger partial charge is 0.248 e. The Hall–Kier alpha value is -1.43. The predicted molar refractivity (Wildman–Crippen MR) is 74.1 cm³/mol. The fourth-order valence-corrected chi connectivity index (χ4v) is 2.77. The fourth-order valence-electron chi connectivity index (χ4n) is 2.77. The molecule has 3 rings (SSSR count). The lowest BCUT2D eigenvalue weighted by atomic mass is 9.97. The van der Waals surface area contributed by atoms with Gasteiger partial charge in [-0.05, 0) is 48.9 Å². The monoisotopic (exact) mass is 276 g/mol. The number of benzene rings is 1. The molecule has 2 aliphatic heterocycles. The summed E-state index contributed by atoms with van der Waals surface area (Å²) in [7, 11) is 0. The SMILES string of the molecule is NC(=O)c1ccc2c(c1)CCNC2OC1CCCCO1. The van der Waals surface area contributed by atoms with Crippen LogP contribution in [0.1, 0.15) is 47.0 Å². The lowest BCUT2D eigenvalue weighted by Gasteiger charge is -2.32. The lowest BCUT2D eigenvalue weighted by molar-refractivity contribution is -0.197. The second-order valence-electron chi connectivity index (χ2n) is 5.29. The van der Waals surface area contributed by atoms with Gasteiger partial charge in [0, 0.05) is 18.7 Å². The highest BCUT2D eigenvalue weighted by Crippen LogP contribution is 2.28. The van der Waals surface area contributed by atoms with Crippen LogP contribution in [0.15, 0.2) is 18.2 Å². The first-order chi connectivity index (χ1) is 9.74. The molecule has 2 atom stereocenters. The standard InChI is InChI=1S/C15H20N2O3/c16-14(18)11-4-5-12-10(9-11)6-7-17-15(12)20-13-3-1-2-8-19-13/h4-5,9,13,15,17H,1-3,6-8H2,(H2,16,18). The van der Waals surface area contributed by atoms with E-state index in [-0.39, 0.29) is 18.4 Å².